The maximum atomic E-state index is 10.6. The first kappa shape index (κ1) is 8.94. The van der Waals surface area contributed by atoms with Crippen LogP contribution in [0.4, 0.5) is 0 Å². The van der Waals surface area contributed by atoms with E-state index >= 15 is 0 Å². The van der Waals surface area contributed by atoms with Crippen LogP contribution in [0.15, 0.2) is 5.11 Å². The summed E-state index contributed by atoms with van der Waals surface area (Å²) in [7, 11) is 0. The molecule has 0 N–H and O–H groups in total. The number of Topliss-reactive ketones (excluding diaryl/α,β-unsaturated/α-hetero) is 1. The van der Waals surface area contributed by atoms with Crippen LogP contribution >= 0.6 is 0 Å². The van der Waals surface area contributed by atoms with Crippen molar-refractivity contribution in [1.29, 1.82) is 0 Å². The number of ether oxygens (including phenoxy) is 1. The standard InChI is InChI=1S/C5H9N3O2/c1-2-10-4-5(9)3-7-8-6/h2-4H2,1H3. The van der Waals surface area contributed by atoms with Crippen molar-refractivity contribution in [3.63, 3.8) is 0 Å². The van der Waals surface area contributed by atoms with Gasteiger partial charge in [-0.2, -0.15) is 0 Å². The number of carbonyl (C=O) groups excluding carboxylic acids is 1. The molecule has 10 heavy (non-hydrogen) atoms. The Kier molecular flexibility index (Phi) is 5.42. The van der Waals surface area contributed by atoms with Crippen molar-refractivity contribution < 1.29 is 9.53 Å². The van der Waals surface area contributed by atoms with Gasteiger partial charge in [-0.1, -0.05) is 5.11 Å². The van der Waals surface area contributed by atoms with Crippen LogP contribution in [-0.2, 0) is 9.53 Å². The molecule has 0 unspecified atom stereocenters. The molecular formula is C5H9N3O2. The zero-order valence-corrected chi connectivity index (χ0v) is 5.78. The molecule has 0 heterocycles. The molecule has 0 aliphatic heterocycles. The summed E-state index contributed by atoms with van der Waals surface area (Å²) in [6.45, 7) is 2.22. The molecule has 0 aliphatic carbocycles. The summed E-state index contributed by atoms with van der Waals surface area (Å²) in [6, 6.07) is 0. The van der Waals surface area contributed by atoms with Gasteiger partial charge in [0.25, 0.3) is 0 Å². The minimum absolute atomic E-state index is 0.0372. The molecule has 0 spiro atoms. The van der Waals surface area contributed by atoms with Crippen molar-refractivity contribution in [3.05, 3.63) is 10.4 Å². The molecule has 5 nitrogen and oxygen atoms in total. The molecule has 0 aliphatic rings. The highest BCUT2D eigenvalue weighted by atomic mass is 16.5. The molecule has 0 radical (unpaired) electrons. The van der Waals surface area contributed by atoms with Crippen LogP contribution in [0.1, 0.15) is 6.92 Å². The van der Waals surface area contributed by atoms with Gasteiger partial charge in [-0.3, -0.25) is 4.79 Å². The van der Waals surface area contributed by atoms with E-state index < -0.39 is 0 Å². The number of hydrogen-bond donors (Lipinski definition) is 0. The molecule has 0 atom stereocenters. The molecule has 0 saturated heterocycles. The van der Waals surface area contributed by atoms with E-state index in [1.54, 1.807) is 6.92 Å². The van der Waals surface area contributed by atoms with Crippen molar-refractivity contribution in [2.24, 2.45) is 5.11 Å². The van der Waals surface area contributed by atoms with Gasteiger partial charge < -0.3 is 4.74 Å². The van der Waals surface area contributed by atoms with E-state index in [1.165, 1.54) is 0 Å². The van der Waals surface area contributed by atoms with Crippen molar-refractivity contribution in [2.75, 3.05) is 19.8 Å². The topological polar surface area (TPSA) is 75.1 Å². The van der Waals surface area contributed by atoms with Gasteiger partial charge in [0.1, 0.15) is 6.61 Å². The third-order valence-electron chi connectivity index (χ3n) is 0.777. The first-order chi connectivity index (χ1) is 4.81. The van der Waals surface area contributed by atoms with Crippen molar-refractivity contribution in [3.8, 4) is 0 Å². The minimum atomic E-state index is -0.195. The molecule has 0 aromatic carbocycles. The van der Waals surface area contributed by atoms with Crippen LogP contribution in [0.2, 0.25) is 0 Å². The van der Waals surface area contributed by atoms with Gasteiger partial charge in [0.15, 0.2) is 5.78 Å². The van der Waals surface area contributed by atoms with Gasteiger partial charge in [-0.25, -0.2) is 0 Å². The Labute approximate surface area is 58.6 Å². The largest absolute Gasteiger partial charge is 0.374 e. The zero-order valence-electron chi connectivity index (χ0n) is 5.78. The molecule has 56 valence electrons. The Morgan fingerprint density at radius 3 is 3.00 bits per heavy atom. The van der Waals surface area contributed by atoms with Crippen LogP contribution in [-0.4, -0.2) is 25.5 Å². The Morgan fingerprint density at radius 2 is 2.50 bits per heavy atom. The number of ketones is 1. The van der Waals surface area contributed by atoms with Crippen molar-refractivity contribution in [1.82, 2.24) is 0 Å². The molecule has 0 bridgehead atoms. The van der Waals surface area contributed by atoms with E-state index in [4.69, 9.17) is 10.3 Å². The summed E-state index contributed by atoms with van der Waals surface area (Å²) < 4.78 is 4.76. The minimum Gasteiger partial charge on any atom is -0.374 e. The van der Waals surface area contributed by atoms with E-state index in [9.17, 15) is 4.79 Å². The third-order valence-corrected chi connectivity index (χ3v) is 0.777. The zero-order chi connectivity index (χ0) is 7.82. The average Bonchev–Trinajstić information content (AvgIpc) is 1.97. The van der Waals surface area contributed by atoms with E-state index in [2.05, 4.69) is 10.0 Å². The first-order valence-corrected chi connectivity index (χ1v) is 2.91. The monoisotopic (exact) mass is 143 g/mol. The third kappa shape index (κ3) is 5.08. The second kappa shape index (κ2) is 6.07. The number of azide groups is 1. The van der Waals surface area contributed by atoms with Gasteiger partial charge in [0, 0.05) is 11.5 Å². The highest BCUT2D eigenvalue weighted by molar-refractivity contribution is 5.81. The van der Waals surface area contributed by atoms with Crippen LogP contribution < -0.4 is 0 Å². The number of nitrogens with zero attached hydrogens (tertiary/aromatic N) is 3. The summed E-state index contributed by atoms with van der Waals surface area (Å²) in [4.78, 5) is 13.0. The average molecular weight is 143 g/mol. The maximum Gasteiger partial charge on any atom is 0.164 e. The highest BCUT2D eigenvalue weighted by Crippen LogP contribution is 1.79. The molecule has 5 heteroatoms. The van der Waals surface area contributed by atoms with E-state index in [1.807, 2.05) is 0 Å². The number of hydrogen-bond acceptors (Lipinski definition) is 3. The van der Waals surface area contributed by atoms with Gasteiger partial charge in [0.2, 0.25) is 0 Å². The lowest BCUT2D eigenvalue weighted by Gasteiger charge is -1.94. The lowest BCUT2D eigenvalue weighted by molar-refractivity contribution is -0.122. The normalized spacial score (nSPS) is 8.50. The van der Waals surface area contributed by atoms with Crippen molar-refractivity contribution in [2.45, 2.75) is 6.92 Å². The predicted molar refractivity (Wildman–Crippen MR) is 35.5 cm³/mol. The number of rotatable bonds is 5. The fourth-order valence-corrected chi connectivity index (χ4v) is 0.372. The van der Waals surface area contributed by atoms with Crippen LogP contribution in [0.3, 0.4) is 0 Å². The number of carbonyl (C=O) groups is 1. The molecule has 0 aromatic heterocycles. The fourth-order valence-electron chi connectivity index (χ4n) is 0.372. The van der Waals surface area contributed by atoms with Gasteiger partial charge in [0.05, 0.1) is 6.54 Å². The Hall–Kier alpha value is -1.06. The quantitative estimate of drug-likeness (QED) is 0.325. The Bertz CT molecular complexity index is 151. The maximum absolute atomic E-state index is 10.6. The molecule has 0 aromatic rings. The van der Waals surface area contributed by atoms with Gasteiger partial charge >= 0.3 is 0 Å². The van der Waals surface area contributed by atoms with Gasteiger partial charge in [-0.05, 0) is 12.5 Å². The van der Waals surface area contributed by atoms with Crippen LogP contribution in [0.5, 0.6) is 0 Å². The lowest BCUT2D eigenvalue weighted by Crippen LogP contribution is -2.10. The van der Waals surface area contributed by atoms with Gasteiger partial charge in [-0.15, -0.1) is 0 Å². The Morgan fingerprint density at radius 1 is 1.80 bits per heavy atom. The Balaban J connectivity index is 3.34. The summed E-state index contributed by atoms with van der Waals surface area (Å²) in [5, 5.41) is 3.08. The molecule has 0 saturated carbocycles. The predicted octanol–water partition coefficient (Wildman–Crippen LogP) is 0.902. The fraction of sp³-hybridized carbons (Fsp3) is 0.800. The van der Waals surface area contributed by atoms with E-state index in [-0.39, 0.29) is 18.9 Å². The van der Waals surface area contributed by atoms with E-state index in [0.717, 1.165) is 0 Å². The lowest BCUT2D eigenvalue weighted by atomic mass is 10.4. The summed E-state index contributed by atoms with van der Waals surface area (Å²) in [6.07, 6.45) is 0. The molecule has 0 amide bonds. The van der Waals surface area contributed by atoms with E-state index in [0.29, 0.717) is 6.61 Å². The first-order valence-electron chi connectivity index (χ1n) is 2.91. The second-order valence-electron chi connectivity index (χ2n) is 1.56. The molecule has 0 rings (SSSR count). The SMILES string of the molecule is CCOCC(=O)CN=[N+]=[N-]. The van der Waals surface area contributed by atoms with Crippen LogP contribution in [0, 0.1) is 0 Å². The van der Waals surface area contributed by atoms with Crippen LogP contribution in [0.25, 0.3) is 10.4 Å². The summed E-state index contributed by atoms with van der Waals surface area (Å²) in [5.41, 5.74) is 7.81. The summed E-state index contributed by atoms with van der Waals surface area (Å²) in [5.74, 6) is -0.195. The highest BCUT2D eigenvalue weighted by Gasteiger charge is 1.96. The smallest absolute Gasteiger partial charge is 0.164 e. The summed E-state index contributed by atoms with van der Waals surface area (Å²) >= 11 is 0. The molecule has 0 fully saturated rings. The van der Waals surface area contributed by atoms with Crippen molar-refractivity contribution >= 4 is 5.78 Å². The molecular weight excluding hydrogens is 134 g/mol. The second-order valence-corrected chi connectivity index (χ2v) is 1.56.